The highest BCUT2D eigenvalue weighted by atomic mass is 16.5. The van der Waals surface area contributed by atoms with Gasteiger partial charge in [-0.25, -0.2) is 0 Å². The molecule has 2 heterocycles. The third kappa shape index (κ3) is 4.01. The van der Waals surface area contributed by atoms with Crippen LogP contribution in [0.5, 0.6) is 0 Å². The van der Waals surface area contributed by atoms with Crippen LogP contribution in [0.3, 0.4) is 0 Å². The van der Waals surface area contributed by atoms with Crippen molar-refractivity contribution in [2.45, 2.75) is 58.4 Å². The van der Waals surface area contributed by atoms with Gasteiger partial charge in [-0.1, -0.05) is 5.16 Å². The first-order valence-corrected chi connectivity index (χ1v) is 7.03. The van der Waals surface area contributed by atoms with Crippen LogP contribution in [0.4, 0.5) is 0 Å². The summed E-state index contributed by atoms with van der Waals surface area (Å²) in [6.07, 6.45) is 2.78. The molecule has 1 atom stereocenters. The van der Waals surface area contributed by atoms with Gasteiger partial charge in [-0.15, -0.1) is 0 Å². The molecule has 0 aromatic carbocycles. The van der Waals surface area contributed by atoms with Crippen LogP contribution in [0.25, 0.3) is 0 Å². The summed E-state index contributed by atoms with van der Waals surface area (Å²) < 4.78 is 10.6. The lowest BCUT2D eigenvalue weighted by Gasteiger charge is -2.20. The lowest BCUT2D eigenvalue weighted by Crippen LogP contribution is -2.41. The number of aromatic nitrogens is 2. The largest absolute Gasteiger partial charge is 0.371 e. The topological polar surface area (TPSA) is 94.5 Å². The molecule has 7 heteroatoms. The molecular formula is C13H22N4O3. The van der Waals surface area contributed by atoms with E-state index in [-0.39, 0.29) is 12.0 Å². The number of carbonyl (C=O) groups is 1. The minimum absolute atomic E-state index is 0.0410. The van der Waals surface area contributed by atoms with Gasteiger partial charge in [0.05, 0.1) is 12.1 Å². The lowest BCUT2D eigenvalue weighted by molar-refractivity contribution is -0.133. The van der Waals surface area contributed by atoms with Gasteiger partial charge in [0.25, 0.3) is 0 Å². The maximum atomic E-state index is 12.1. The molecule has 1 aliphatic heterocycles. The molecule has 0 radical (unpaired) electrons. The summed E-state index contributed by atoms with van der Waals surface area (Å²) in [5.74, 6) is 0.885. The molecule has 1 aliphatic rings. The number of hydrogen-bond donors (Lipinski definition) is 1. The maximum absolute atomic E-state index is 12.1. The van der Waals surface area contributed by atoms with Gasteiger partial charge in [0, 0.05) is 6.54 Å². The Morgan fingerprint density at radius 3 is 3.05 bits per heavy atom. The van der Waals surface area contributed by atoms with Crippen LogP contribution in [0.2, 0.25) is 0 Å². The summed E-state index contributed by atoms with van der Waals surface area (Å²) in [6.45, 7) is 5.21. The number of ether oxygens (including phenoxy) is 1. The number of nitrogens with two attached hydrogens (primary N) is 1. The van der Waals surface area contributed by atoms with Crippen LogP contribution in [0, 0.1) is 0 Å². The van der Waals surface area contributed by atoms with Crippen molar-refractivity contribution in [3.63, 3.8) is 0 Å². The molecule has 112 valence electrons. The molecule has 1 fully saturated rings. The fourth-order valence-electron chi connectivity index (χ4n) is 2.11. The van der Waals surface area contributed by atoms with E-state index in [2.05, 4.69) is 10.1 Å². The molecule has 1 amide bonds. The molecule has 2 rings (SSSR count). The molecule has 1 saturated heterocycles. The van der Waals surface area contributed by atoms with Crippen molar-refractivity contribution in [1.82, 2.24) is 15.0 Å². The van der Waals surface area contributed by atoms with Crippen LogP contribution in [-0.4, -0.2) is 39.6 Å². The second-order valence-corrected chi connectivity index (χ2v) is 5.33. The number of amides is 1. The van der Waals surface area contributed by atoms with Crippen LogP contribution < -0.4 is 5.73 Å². The maximum Gasteiger partial charge on any atom is 0.246 e. The van der Waals surface area contributed by atoms with Gasteiger partial charge in [-0.3, -0.25) is 4.79 Å². The molecule has 2 N–H and O–H groups in total. The Hall–Kier alpha value is -1.47. The number of hydrogen-bond acceptors (Lipinski definition) is 6. The Kier molecular flexibility index (Phi) is 5.08. The van der Waals surface area contributed by atoms with E-state index >= 15 is 0 Å². The van der Waals surface area contributed by atoms with Gasteiger partial charge in [-0.05, 0) is 33.1 Å². The molecule has 1 unspecified atom stereocenters. The Balaban J connectivity index is 1.93. The zero-order chi connectivity index (χ0) is 14.5. The highest BCUT2D eigenvalue weighted by Gasteiger charge is 2.25. The smallest absolute Gasteiger partial charge is 0.246 e. The molecule has 0 aliphatic carbocycles. The predicted octanol–water partition coefficient (Wildman–Crippen LogP) is 0.834. The summed E-state index contributed by atoms with van der Waals surface area (Å²) in [5, 5.41) is 3.84. The summed E-state index contributed by atoms with van der Waals surface area (Å²) in [6, 6.07) is -0.413. The number of carbonyl (C=O) groups excluding carboxylic acids is 1. The summed E-state index contributed by atoms with van der Waals surface area (Å²) in [5.41, 5.74) is 5.83. The van der Waals surface area contributed by atoms with E-state index in [9.17, 15) is 4.79 Å². The van der Waals surface area contributed by atoms with Gasteiger partial charge in [0.1, 0.15) is 13.2 Å². The monoisotopic (exact) mass is 282 g/mol. The van der Waals surface area contributed by atoms with Crippen molar-refractivity contribution in [2.24, 2.45) is 5.73 Å². The average molecular weight is 282 g/mol. The Labute approximate surface area is 118 Å². The molecule has 1 aromatic heterocycles. The third-order valence-electron chi connectivity index (χ3n) is 3.20. The summed E-state index contributed by atoms with van der Waals surface area (Å²) >= 11 is 0. The van der Waals surface area contributed by atoms with Crippen molar-refractivity contribution < 1.29 is 14.1 Å². The fraction of sp³-hybridized carbons (Fsp3) is 0.769. The first kappa shape index (κ1) is 14.9. The van der Waals surface area contributed by atoms with Crippen LogP contribution in [-0.2, 0) is 22.7 Å². The van der Waals surface area contributed by atoms with E-state index in [1.165, 1.54) is 0 Å². The van der Waals surface area contributed by atoms with Crippen molar-refractivity contribution in [3.8, 4) is 0 Å². The minimum Gasteiger partial charge on any atom is -0.371 e. The Morgan fingerprint density at radius 2 is 2.30 bits per heavy atom. The Bertz CT molecular complexity index is 447. The number of nitrogens with zero attached hydrogens (tertiary/aromatic N) is 3. The van der Waals surface area contributed by atoms with Crippen molar-refractivity contribution >= 4 is 5.91 Å². The second kappa shape index (κ2) is 6.81. The molecule has 0 saturated carbocycles. The van der Waals surface area contributed by atoms with Gasteiger partial charge in [-0.2, -0.15) is 4.98 Å². The third-order valence-corrected chi connectivity index (χ3v) is 3.20. The standard InChI is InChI=1S/C13H22N4O3/c1-9(2)19-8-11-15-12(20-16-11)7-17-6-4-3-5-10(14)13(17)18/h9-10H,3-8,14H2,1-2H3. The molecule has 7 nitrogen and oxygen atoms in total. The summed E-state index contributed by atoms with van der Waals surface area (Å²) in [7, 11) is 0. The van der Waals surface area contributed by atoms with Gasteiger partial charge < -0.3 is 19.9 Å². The normalized spacial score (nSPS) is 20.5. The van der Waals surface area contributed by atoms with Gasteiger partial charge in [0.15, 0.2) is 5.82 Å². The number of likely N-dealkylation sites (tertiary alicyclic amines) is 1. The van der Waals surface area contributed by atoms with Gasteiger partial charge in [0.2, 0.25) is 11.8 Å². The Morgan fingerprint density at radius 1 is 1.50 bits per heavy atom. The molecule has 0 bridgehead atoms. The van der Waals surface area contributed by atoms with E-state index in [0.29, 0.717) is 31.4 Å². The van der Waals surface area contributed by atoms with Crippen LogP contribution in [0.15, 0.2) is 4.52 Å². The van der Waals surface area contributed by atoms with E-state index in [4.69, 9.17) is 15.0 Å². The first-order valence-electron chi connectivity index (χ1n) is 7.03. The molecule has 1 aromatic rings. The fourth-order valence-corrected chi connectivity index (χ4v) is 2.11. The molecule has 0 spiro atoms. The summed E-state index contributed by atoms with van der Waals surface area (Å²) in [4.78, 5) is 18.0. The first-order chi connectivity index (χ1) is 9.56. The van der Waals surface area contributed by atoms with E-state index in [0.717, 1.165) is 19.3 Å². The molecule has 20 heavy (non-hydrogen) atoms. The second-order valence-electron chi connectivity index (χ2n) is 5.33. The van der Waals surface area contributed by atoms with Crippen molar-refractivity contribution in [3.05, 3.63) is 11.7 Å². The van der Waals surface area contributed by atoms with Crippen LogP contribution in [0.1, 0.15) is 44.8 Å². The quantitative estimate of drug-likeness (QED) is 0.859. The number of rotatable bonds is 5. The predicted molar refractivity (Wildman–Crippen MR) is 71.5 cm³/mol. The zero-order valence-corrected chi connectivity index (χ0v) is 12.0. The average Bonchev–Trinajstić information content (AvgIpc) is 2.80. The highest BCUT2D eigenvalue weighted by molar-refractivity contribution is 5.81. The van der Waals surface area contributed by atoms with Crippen molar-refractivity contribution in [2.75, 3.05) is 6.54 Å². The lowest BCUT2D eigenvalue weighted by atomic mass is 10.1. The van der Waals surface area contributed by atoms with E-state index < -0.39 is 6.04 Å². The van der Waals surface area contributed by atoms with E-state index in [1.807, 2.05) is 13.8 Å². The van der Waals surface area contributed by atoms with Crippen LogP contribution >= 0.6 is 0 Å². The minimum atomic E-state index is -0.413. The van der Waals surface area contributed by atoms with Gasteiger partial charge >= 0.3 is 0 Å². The highest BCUT2D eigenvalue weighted by Crippen LogP contribution is 2.13. The van der Waals surface area contributed by atoms with Crippen molar-refractivity contribution in [1.29, 1.82) is 0 Å². The molecular weight excluding hydrogens is 260 g/mol. The van der Waals surface area contributed by atoms with E-state index in [1.54, 1.807) is 4.90 Å². The zero-order valence-electron chi connectivity index (χ0n) is 12.0. The SMILES string of the molecule is CC(C)OCc1noc(CN2CCCCC(N)C2=O)n1.